The number of nitrogens with one attached hydrogen (secondary N) is 2. The van der Waals surface area contributed by atoms with Crippen molar-refractivity contribution >= 4 is 17.5 Å². The summed E-state index contributed by atoms with van der Waals surface area (Å²) in [4.78, 5) is 23.3. The van der Waals surface area contributed by atoms with Crippen LogP contribution in [0.4, 0.5) is 14.5 Å². The Labute approximate surface area is 132 Å². The Kier molecular flexibility index (Phi) is 5.80. The van der Waals surface area contributed by atoms with Gasteiger partial charge in [0.15, 0.2) is 0 Å². The molecule has 2 aromatic carbocycles. The van der Waals surface area contributed by atoms with E-state index < -0.39 is 24.1 Å². The lowest BCUT2D eigenvalue weighted by molar-refractivity contribution is -0.126. The Morgan fingerprint density at radius 3 is 2.22 bits per heavy atom. The molecule has 120 valence electrons. The lowest BCUT2D eigenvalue weighted by Gasteiger charge is -2.07. The molecule has 0 spiro atoms. The second-order valence-corrected chi connectivity index (χ2v) is 4.90. The quantitative estimate of drug-likeness (QED) is 0.805. The van der Waals surface area contributed by atoms with Crippen molar-refractivity contribution in [1.29, 1.82) is 0 Å². The first kappa shape index (κ1) is 16.6. The normalized spacial score (nSPS) is 10.2. The van der Waals surface area contributed by atoms with Crippen LogP contribution in [-0.4, -0.2) is 18.4 Å². The number of carbonyl (C=O) groups excluding carboxylic acids is 2. The van der Waals surface area contributed by atoms with Crippen LogP contribution in [0.3, 0.4) is 0 Å². The molecule has 2 rings (SSSR count). The SMILES string of the molecule is O=C(CC(=O)Nc1ccccc1F)NCCc1ccccc1F. The van der Waals surface area contributed by atoms with Gasteiger partial charge < -0.3 is 10.6 Å². The maximum absolute atomic E-state index is 13.4. The maximum atomic E-state index is 13.4. The molecule has 0 heterocycles. The van der Waals surface area contributed by atoms with Crippen LogP contribution in [0.1, 0.15) is 12.0 Å². The van der Waals surface area contributed by atoms with E-state index in [4.69, 9.17) is 0 Å². The average molecular weight is 318 g/mol. The highest BCUT2D eigenvalue weighted by atomic mass is 19.1. The lowest BCUT2D eigenvalue weighted by atomic mass is 10.1. The molecule has 0 bridgehead atoms. The summed E-state index contributed by atoms with van der Waals surface area (Å²) in [6, 6.07) is 12.0. The van der Waals surface area contributed by atoms with Crippen LogP contribution in [-0.2, 0) is 16.0 Å². The van der Waals surface area contributed by atoms with E-state index >= 15 is 0 Å². The largest absolute Gasteiger partial charge is 0.355 e. The molecule has 0 saturated carbocycles. The number of amides is 2. The predicted molar refractivity (Wildman–Crippen MR) is 82.8 cm³/mol. The summed E-state index contributed by atoms with van der Waals surface area (Å²) in [6.45, 7) is 0.215. The number of benzene rings is 2. The molecule has 0 aliphatic rings. The first-order valence-electron chi connectivity index (χ1n) is 7.11. The van der Waals surface area contributed by atoms with Crippen LogP contribution in [0.5, 0.6) is 0 Å². The minimum Gasteiger partial charge on any atom is -0.355 e. The molecule has 4 nitrogen and oxygen atoms in total. The van der Waals surface area contributed by atoms with E-state index in [1.807, 2.05) is 0 Å². The first-order chi connectivity index (χ1) is 11.1. The second kappa shape index (κ2) is 8.03. The van der Waals surface area contributed by atoms with Crippen LogP contribution in [0.25, 0.3) is 0 Å². The Morgan fingerprint density at radius 1 is 0.870 bits per heavy atom. The fourth-order valence-electron chi connectivity index (χ4n) is 2.00. The zero-order valence-electron chi connectivity index (χ0n) is 12.3. The second-order valence-electron chi connectivity index (χ2n) is 4.90. The molecule has 0 saturated heterocycles. The van der Waals surface area contributed by atoms with Gasteiger partial charge in [0.1, 0.15) is 18.1 Å². The van der Waals surface area contributed by atoms with Crippen LogP contribution >= 0.6 is 0 Å². The number of halogens is 2. The van der Waals surface area contributed by atoms with Gasteiger partial charge in [-0.15, -0.1) is 0 Å². The van der Waals surface area contributed by atoms with Crippen molar-refractivity contribution in [2.45, 2.75) is 12.8 Å². The zero-order valence-corrected chi connectivity index (χ0v) is 12.3. The summed E-state index contributed by atoms with van der Waals surface area (Å²) in [7, 11) is 0. The summed E-state index contributed by atoms with van der Waals surface area (Å²) < 4.78 is 26.8. The molecule has 0 radical (unpaired) electrons. The highest BCUT2D eigenvalue weighted by Gasteiger charge is 2.11. The molecule has 0 fully saturated rings. The van der Waals surface area contributed by atoms with Gasteiger partial charge in [-0.05, 0) is 30.2 Å². The molecule has 0 atom stereocenters. The fourth-order valence-corrected chi connectivity index (χ4v) is 2.00. The van der Waals surface area contributed by atoms with E-state index in [1.54, 1.807) is 24.3 Å². The Morgan fingerprint density at radius 2 is 1.52 bits per heavy atom. The number of para-hydroxylation sites is 1. The minimum atomic E-state index is -0.613. The summed E-state index contributed by atoms with van der Waals surface area (Å²) in [5.74, 6) is -2.02. The topological polar surface area (TPSA) is 58.2 Å². The van der Waals surface area contributed by atoms with Crippen molar-refractivity contribution in [3.63, 3.8) is 0 Å². The van der Waals surface area contributed by atoms with Gasteiger partial charge in [-0.1, -0.05) is 30.3 Å². The van der Waals surface area contributed by atoms with E-state index in [0.29, 0.717) is 12.0 Å². The summed E-state index contributed by atoms with van der Waals surface area (Å²) in [5, 5.41) is 4.85. The third kappa shape index (κ3) is 5.18. The van der Waals surface area contributed by atoms with Crippen LogP contribution in [0.2, 0.25) is 0 Å². The third-order valence-electron chi connectivity index (χ3n) is 3.14. The van der Waals surface area contributed by atoms with E-state index in [-0.39, 0.29) is 18.0 Å². The third-order valence-corrected chi connectivity index (χ3v) is 3.14. The van der Waals surface area contributed by atoms with Gasteiger partial charge in [-0.2, -0.15) is 0 Å². The molecule has 23 heavy (non-hydrogen) atoms. The van der Waals surface area contributed by atoms with Gasteiger partial charge in [0, 0.05) is 6.54 Å². The molecule has 6 heteroatoms. The van der Waals surface area contributed by atoms with Crippen molar-refractivity contribution in [2.75, 3.05) is 11.9 Å². The zero-order chi connectivity index (χ0) is 16.7. The van der Waals surface area contributed by atoms with Crippen LogP contribution < -0.4 is 10.6 Å². The van der Waals surface area contributed by atoms with Gasteiger partial charge in [0.2, 0.25) is 11.8 Å². The van der Waals surface area contributed by atoms with Crippen molar-refractivity contribution < 1.29 is 18.4 Å². The number of rotatable bonds is 6. The van der Waals surface area contributed by atoms with E-state index in [0.717, 1.165) is 0 Å². The van der Waals surface area contributed by atoms with Gasteiger partial charge in [0.25, 0.3) is 0 Å². The summed E-state index contributed by atoms with van der Waals surface area (Å²) >= 11 is 0. The molecule has 0 unspecified atom stereocenters. The molecule has 0 aliphatic heterocycles. The Bertz CT molecular complexity index is 704. The van der Waals surface area contributed by atoms with Gasteiger partial charge in [0.05, 0.1) is 5.69 Å². The lowest BCUT2D eigenvalue weighted by Crippen LogP contribution is -2.30. The molecular formula is C17H16F2N2O2. The van der Waals surface area contributed by atoms with E-state index in [1.165, 1.54) is 24.3 Å². The van der Waals surface area contributed by atoms with Crippen molar-refractivity contribution in [3.8, 4) is 0 Å². The minimum absolute atomic E-state index is 0.0247. The molecule has 2 N–H and O–H groups in total. The highest BCUT2D eigenvalue weighted by molar-refractivity contribution is 6.03. The molecule has 2 amide bonds. The number of carbonyl (C=O) groups is 2. The monoisotopic (exact) mass is 318 g/mol. The number of anilines is 1. The smallest absolute Gasteiger partial charge is 0.233 e. The van der Waals surface area contributed by atoms with E-state index in [2.05, 4.69) is 10.6 Å². The van der Waals surface area contributed by atoms with Crippen molar-refractivity contribution in [3.05, 3.63) is 65.7 Å². The van der Waals surface area contributed by atoms with Crippen molar-refractivity contribution in [1.82, 2.24) is 5.32 Å². The maximum Gasteiger partial charge on any atom is 0.233 e. The van der Waals surface area contributed by atoms with Gasteiger partial charge in [-0.25, -0.2) is 8.78 Å². The first-order valence-corrected chi connectivity index (χ1v) is 7.11. The van der Waals surface area contributed by atoms with Gasteiger partial charge in [-0.3, -0.25) is 9.59 Å². The molecule has 0 aromatic heterocycles. The summed E-state index contributed by atoms with van der Waals surface area (Å²) in [5.41, 5.74) is 0.514. The highest BCUT2D eigenvalue weighted by Crippen LogP contribution is 2.12. The number of hydrogen-bond acceptors (Lipinski definition) is 2. The van der Waals surface area contributed by atoms with Gasteiger partial charge >= 0.3 is 0 Å². The standard InChI is InChI=1S/C17H16F2N2O2/c18-13-6-2-1-5-12(13)9-10-20-16(22)11-17(23)21-15-8-4-3-7-14(15)19/h1-8H,9-11H2,(H,20,22)(H,21,23). The Balaban J connectivity index is 1.75. The molecular weight excluding hydrogens is 302 g/mol. The fraction of sp³-hybridized carbons (Fsp3) is 0.176. The molecule has 2 aromatic rings. The van der Waals surface area contributed by atoms with Crippen LogP contribution in [0, 0.1) is 11.6 Å². The average Bonchev–Trinajstić information content (AvgIpc) is 2.51. The van der Waals surface area contributed by atoms with E-state index in [9.17, 15) is 18.4 Å². The molecule has 0 aliphatic carbocycles. The Hall–Kier alpha value is -2.76. The van der Waals surface area contributed by atoms with Crippen molar-refractivity contribution in [2.24, 2.45) is 0 Å². The number of hydrogen-bond donors (Lipinski definition) is 2. The van der Waals surface area contributed by atoms with Crippen LogP contribution in [0.15, 0.2) is 48.5 Å². The summed E-state index contributed by atoms with van der Waals surface area (Å²) in [6.07, 6.45) is -0.0983. The predicted octanol–water partition coefficient (Wildman–Crippen LogP) is 2.65.